The molecule has 1 aliphatic rings. The van der Waals surface area contributed by atoms with Gasteiger partial charge in [0.1, 0.15) is 11.3 Å². The van der Waals surface area contributed by atoms with Crippen LogP contribution in [0.4, 0.5) is 4.39 Å². The van der Waals surface area contributed by atoms with Crippen molar-refractivity contribution in [2.45, 2.75) is 32.7 Å². The number of para-hydroxylation sites is 1. The molecule has 0 N–H and O–H groups in total. The van der Waals surface area contributed by atoms with E-state index in [0.29, 0.717) is 11.4 Å². The van der Waals surface area contributed by atoms with Crippen molar-refractivity contribution in [1.29, 1.82) is 0 Å². The minimum atomic E-state index is -0.296. The van der Waals surface area contributed by atoms with Crippen molar-refractivity contribution in [2.75, 3.05) is 0 Å². The van der Waals surface area contributed by atoms with Crippen LogP contribution in [0.2, 0.25) is 0 Å². The third-order valence-electron chi connectivity index (χ3n) is 5.07. The fourth-order valence-corrected chi connectivity index (χ4v) is 4.17. The first-order chi connectivity index (χ1) is 12.0. The Kier molecular flexibility index (Phi) is 3.95. The summed E-state index contributed by atoms with van der Waals surface area (Å²) in [7, 11) is 0. The fourth-order valence-electron chi connectivity index (χ4n) is 3.46. The SMILES string of the molecule is Cc1ccc2c(c1Br)[C@H](C)[C@H](C)N=C2c1cnc2c(F)cccc2c1. The normalized spacial score (nSPS) is 19.6. The number of pyridine rings is 1. The second-order valence-electron chi connectivity index (χ2n) is 6.70. The summed E-state index contributed by atoms with van der Waals surface area (Å²) in [6, 6.07) is 11.4. The molecule has 1 aliphatic heterocycles. The molecular formula is C21H18BrFN2. The molecule has 0 spiro atoms. The van der Waals surface area contributed by atoms with Crippen LogP contribution < -0.4 is 0 Å². The molecule has 126 valence electrons. The summed E-state index contributed by atoms with van der Waals surface area (Å²) in [4.78, 5) is 9.28. The van der Waals surface area contributed by atoms with Crippen molar-refractivity contribution in [3.05, 3.63) is 75.1 Å². The number of aromatic nitrogens is 1. The second kappa shape index (κ2) is 6.03. The lowest BCUT2D eigenvalue weighted by Gasteiger charge is -2.29. The molecule has 0 saturated heterocycles. The van der Waals surface area contributed by atoms with E-state index >= 15 is 0 Å². The van der Waals surface area contributed by atoms with Crippen LogP contribution in [0.3, 0.4) is 0 Å². The number of fused-ring (bicyclic) bond motifs is 2. The van der Waals surface area contributed by atoms with Crippen LogP contribution in [-0.4, -0.2) is 16.7 Å². The van der Waals surface area contributed by atoms with Gasteiger partial charge in [0, 0.05) is 33.1 Å². The van der Waals surface area contributed by atoms with Crippen LogP contribution in [0.15, 0.2) is 52.1 Å². The number of hydrogen-bond donors (Lipinski definition) is 0. The zero-order valence-electron chi connectivity index (χ0n) is 14.3. The van der Waals surface area contributed by atoms with Gasteiger partial charge in [-0.15, -0.1) is 0 Å². The predicted octanol–water partition coefficient (Wildman–Crippen LogP) is 5.79. The van der Waals surface area contributed by atoms with Gasteiger partial charge in [0.25, 0.3) is 0 Å². The molecule has 2 atom stereocenters. The van der Waals surface area contributed by atoms with Crippen LogP contribution in [0, 0.1) is 12.7 Å². The van der Waals surface area contributed by atoms with Crippen molar-refractivity contribution in [3.63, 3.8) is 0 Å². The van der Waals surface area contributed by atoms with Crippen LogP contribution in [0.5, 0.6) is 0 Å². The van der Waals surface area contributed by atoms with Gasteiger partial charge >= 0.3 is 0 Å². The maximum atomic E-state index is 13.9. The van der Waals surface area contributed by atoms with E-state index in [0.717, 1.165) is 26.7 Å². The van der Waals surface area contributed by atoms with E-state index in [2.05, 4.69) is 53.8 Å². The van der Waals surface area contributed by atoms with Gasteiger partial charge in [0.05, 0.1) is 11.8 Å². The van der Waals surface area contributed by atoms with Gasteiger partial charge in [0.15, 0.2) is 0 Å². The number of aliphatic imine (C=N–C) groups is 1. The minimum Gasteiger partial charge on any atom is -0.280 e. The van der Waals surface area contributed by atoms with Crippen molar-refractivity contribution in [3.8, 4) is 0 Å². The van der Waals surface area contributed by atoms with Crippen LogP contribution in [0.25, 0.3) is 10.9 Å². The molecule has 0 saturated carbocycles. The van der Waals surface area contributed by atoms with E-state index in [1.54, 1.807) is 12.3 Å². The van der Waals surface area contributed by atoms with E-state index in [4.69, 9.17) is 4.99 Å². The molecule has 25 heavy (non-hydrogen) atoms. The highest BCUT2D eigenvalue weighted by molar-refractivity contribution is 9.10. The van der Waals surface area contributed by atoms with Gasteiger partial charge < -0.3 is 0 Å². The summed E-state index contributed by atoms with van der Waals surface area (Å²) in [6.45, 7) is 6.45. The van der Waals surface area contributed by atoms with Crippen LogP contribution in [-0.2, 0) is 0 Å². The predicted molar refractivity (Wildman–Crippen MR) is 104 cm³/mol. The standard InChI is InChI=1S/C21H18BrFN2/c1-11-7-8-16-18(19(11)22)12(2)13(3)25-20(16)15-9-14-5-4-6-17(23)21(14)24-10-15/h4-10,12-13H,1-3H3/t12-,13+/m1/s1. The molecule has 0 radical (unpaired) electrons. The number of nitrogens with zero attached hydrogens (tertiary/aromatic N) is 2. The Morgan fingerprint density at radius 2 is 1.92 bits per heavy atom. The summed E-state index contributed by atoms with van der Waals surface area (Å²) in [6.07, 6.45) is 1.73. The first kappa shape index (κ1) is 16.4. The molecule has 2 heterocycles. The van der Waals surface area contributed by atoms with Crippen molar-refractivity contribution >= 4 is 32.5 Å². The van der Waals surface area contributed by atoms with E-state index in [-0.39, 0.29) is 11.9 Å². The van der Waals surface area contributed by atoms with Crippen molar-refractivity contribution in [2.24, 2.45) is 4.99 Å². The third kappa shape index (κ3) is 2.60. The summed E-state index contributed by atoms with van der Waals surface area (Å²) in [5.74, 6) is 0.0364. The van der Waals surface area contributed by atoms with Gasteiger partial charge in [-0.3, -0.25) is 9.98 Å². The lowest BCUT2D eigenvalue weighted by Crippen LogP contribution is -2.24. The molecular weight excluding hydrogens is 379 g/mol. The quantitative estimate of drug-likeness (QED) is 0.510. The maximum absolute atomic E-state index is 13.9. The highest BCUT2D eigenvalue weighted by atomic mass is 79.9. The summed E-state index contributed by atoms with van der Waals surface area (Å²) >= 11 is 3.76. The molecule has 4 heteroatoms. The Hall–Kier alpha value is -2.07. The lowest BCUT2D eigenvalue weighted by atomic mass is 9.83. The number of rotatable bonds is 1. The largest absolute Gasteiger partial charge is 0.280 e. The van der Waals surface area contributed by atoms with E-state index in [9.17, 15) is 4.39 Å². The first-order valence-corrected chi connectivity index (χ1v) is 9.18. The molecule has 0 bridgehead atoms. The average Bonchev–Trinajstić information content (AvgIpc) is 2.60. The highest BCUT2D eigenvalue weighted by Gasteiger charge is 2.28. The van der Waals surface area contributed by atoms with Crippen molar-refractivity contribution in [1.82, 2.24) is 4.98 Å². The van der Waals surface area contributed by atoms with Crippen LogP contribution >= 0.6 is 15.9 Å². The van der Waals surface area contributed by atoms with Crippen LogP contribution in [0.1, 0.15) is 42.0 Å². The first-order valence-electron chi connectivity index (χ1n) is 8.39. The molecule has 1 aromatic heterocycles. The number of hydrogen-bond acceptors (Lipinski definition) is 2. The molecule has 2 nitrogen and oxygen atoms in total. The Balaban J connectivity index is 1.94. The molecule has 4 rings (SSSR count). The molecule has 0 amide bonds. The zero-order chi connectivity index (χ0) is 17.7. The molecule has 0 aliphatic carbocycles. The topological polar surface area (TPSA) is 25.2 Å². The van der Waals surface area contributed by atoms with Gasteiger partial charge in [-0.2, -0.15) is 0 Å². The van der Waals surface area contributed by atoms with Gasteiger partial charge in [-0.05, 0) is 37.1 Å². The summed E-state index contributed by atoms with van der Waals surface area (Å²) in [5.41, 5.74) is 5.89. The molecule has 3 aromatic rings. The zero-order valence-corrected chi connectivity index (χ0v) is 15.9. The van der Waals surface area contributed by atoms with Crippen molar-refractivity contribution < 1.29 is 4.39 Å². The van der Waals surface area contributed by atoms with Gasteiger partial charge in [-0.1, -0.05) is 47.1 Å². The minimum absolute atomic E-state index is 0.170. The maximum Gasteiger partial charge on any atom is 0.149 e. The number of benzene rings is 2. The highest BCUT2D eigenvalue weighted by Crippen LogP contribution is 2.38. The summed E-state index contributed by atoms with van der Waals surface area (Å²) < 4.78 is 15.1. The second-order valence-corrected chi connectivity index (χ2v) is 7.49. The summed E-state index contributed by atoms with van der Waals surface area (Å²) in [5, 5.41) is 0.791. The Morgan fingerprint density at radius 3 is 2.72 bits per heavy atom. The average molecular weight is 397 g/mol. The van der Waals surface area contributed by atoms with E-state index in [1.165, 1.54) is 17.2 Å². The van der Waals surface area contributed by atoms with Gasteiger partial charge in [0.2, 0.25) is 0 Å². The lowest BCUT2D eigenvalue weighted by molar-refractivity contribution is 0.603. The third-order valence-corrected chi connectivity index (χ3v) is 6.13. The van der Waals surface area contributed by atoms with E-state index < -0.39 is 0 Å². The monoisotopic (exact) mass is 396 g/mol. The Bertz CT molecular complexity index is 1030. The number of aryl methyl sites for hydroxylation is 1. The Morgan fingerprint density at radius 1 is 1.12 bits per heavy atom. The number of halogens is 2. The fraction of sp³-hybridized carbons (Fsp3) is 0.238. The van der Waals surface area contributed by atoms with E-state index in [1.807, 2.05) is 12.1 Å². The Labute approximate surface area is 155 Å². The molecule has 2 aromatic carbocycles. The molecule has 0 unspecified atom stereocenters. The molecule has 0 fully saturated rings. The van der Waals surface area contributed by atoms with Gasteiger partial charge in [-0.25, -0.2) is 4.39 Å². The smallest absolute Gasteiger partial charge is 0.149 e.